The summed E-state index contributed by atoms with van der Waals surface area (Å²) in [5, 5.41) is 1.10. The second-order valence-corrected chi connectivity index (χ2v) is 10.4. The van der Waals surface area contributed by atoms with Crippen LogP contribution in [0.25, 0.3) is 10.9 Å². The first-order valence-corrected chi connectivity index (χ1v) is 14.0. The van der Waals surface area contributed by atoms with Gasteiger partial charge in [-0.3, -0.25) is 0 Å². The molecule has 0 aliphatic heterocycles. The zero-order valence-electron chi connectivity index (χ0n) is 23.9. The first-order chi connectivity index (χ1) is 17.3. The molecule has 0 unspecified atom stereocenters. The van der Waals surface area contributed by atoms with Crippen LogP contribution in [-0.2, 0) is 6.42 Å². The molecule has 4 rings (SSSR count). The van der Waals surface area contributed by atoms with Crippen molar-refractivity contribution >= 4 is 16.7 Å². The van der Waals surface area contributed by atoms with Crippen molar-refractivity contribution in [1.29, 1.82) is 0 Å². The third-order valence-corrected chi connectivity index (χ3v) is 6.77. The van der Waals surface area contributed by atoms with Gasteiger partial charge < -0.3 is 9.64 Å². The van der Waals surface area contributed by atoms with Gasteiger partial charge in [0.1, 0.15) is 17.4 Å². The lowest BCUT2D eigenvalue weighted by Gasteiger charge is -2.22. The molecule has 4 nitrogen and oxygen atoms in total. The predicted molar refractivity (Wildman–Crippen MR) is 156 cm³/mol. The number of hydrogen-bond donors (Lipinski definition) is 0. The van der Waals surface area contributed by atoms with Crippen LogP contribution in [0.2, 0.25) is 0 Å². The van der Waals surface area contributed by atoms with Crippen molar-refractivity contribution in [3.63, 3.8) is 0 Å². The molecule has 0 saturated heterocycles. The van der Waals surface area contributed by atoms with Crippen LogP contribution in [0.3, 0.4) is 0 Å². The molecule has 0 N–H and O–H groups in total. The lowest BCUT2D eigenvalue weighted by Crippen LogP contribution is -2.12. The van der Waals surface area contributed by atoms with E-state index in [0.29, 0.717) is 0 Å². The van der Waals surface area contributed by atoms with E-state index in [1.807, 2.05) is 50.2 Å². The highest BCUT2D eigenvalue weighted by atomic mass is 16.5. The Morgan fingerprint density at radius 2 is 1.44 bits per heavy atom. The van der Waals surface area contributed by atoms with Gasteiger partial charge in [-0.2, -0.15) is 0 Å². The van der Waals surface area contributed by atoms with E-state index in [4.69, 9.17) is 4.74 Å². The number of hydrogen-bond acceptors (Lipinski definition) is 4. The van der Waals surface area contributed by atoms with Crippen LogP contribution < -0.4 is 9.64 Å². The molecule has 1 fully saturated rings. The number of benzene rings is 2. The van der Waals surface area contributed by atoms with Gasteiger partial charge in [0.15, 0.2) is 0 Å². The molecule has 0 amide bonds. The fraction of sp³-hybridized carbons (Fsp3) is 0.562. The first-order valence-electron chi connectivity index (χ1n) is 14.0. The Balaban J connectivity index is 0.000000198. The van der Waals surface area contributed by atoms with Crippen molar-refractivity contribution in [3.8, 4) is 5.75 Å². The van der Waals surface area contributed by atoms with Crippen LogP contribution in [-0.4, -0.2) is 30.7 Å². The zero-order valence-corrected chi connectivity index (χ0v) is 23.9. The summed E-state index contributed by atoms with van der Waals surface area (Å²) in [5.74, 6) is 4.83. The summed E-state index contributed by atoms with van der Waals surface area (Å²) in [6, 6.07) is 16.4. The third-order valence-electron chi connectivity index (χ3n) is 6.77. The number of aryl methyl sites for hydroxylation is 2. The average molecular weight is 492 g/mol. The SMILES string of the molecule is CC1CCC(C)CC1.CCCCCOc1ccc(CC)cc1.Cc1nc(N(C)C)c2ccccc2n1. The van der Waals surface area contributed by atoms with Gasteiger partial charge >= 0.3 is 0 Å². The largest absolute Gasteiger partial charge is 0.494 e. The Morgan fingerprint density at radius 3 is 2.00 bits per heavy atom. The van der Waals surface area contributed by atoms with Crippen LogP contribution in [0.5, 0.6) is 5.75 Å². The Kier molecular flexibility index (Phi) is 13.3. The van der Waals surface area contributed by atoms with Crippen molar-refractivity contribution in [2.45, 2.75) is 86.0 Å². The van der Waals surface area contributed by atoms with E-state index in [2.05, 4.69) is 61.9 Å². The van der Waals surface area contributed by atoms with Crippen LogP contribution >= 0.6 is 0 Å². The second kappa shape index (κ2) is 16.2. The maximum Gasteiger partial charge on any atom is 0.139 e. The van der Waals surface area contributed by atoms with Gasteiger partial charge in [0.2, 0.25) is 0 Å². The van der Waals surface area contributed by atoms with Crippen LogP contribution in [0.4, 0.5) is 5.82 Å². The summed E-state index contributed by atoms with van der Waals surface area (Å²) in [4.78, 5) is 10.8. The van der Waals surface area contributed by atoms with E-state index in [-0.39, 0.29) is 0 Å². The maximum atomic E-state index is 5.61. The summed E-state index contributed by atoms with van der Waals surface area (Å²) in [5.41, 5.74) is 2.37. The minimum atomic E-state index is 0.812. The van der Waals surface area contributed by atoms with Gasteiger partial charge in [0.25, 0.3) is 0 Å². The molecule has 3 aromatic rings. The van der Waals surface area contributed by atoms with Crippen molar-refractivity contribution in [2.24, 2.45) is 11.8 Å². The normalized spacial score (nSPS) is 16.9. The molecule has 1 aliphatic carbocycles. The lowest BCUT2D eigenvalue weighted by atomic mass is 9.84. The molecular formula is C32H49N3O. The second-order valence-electron chi connectivity index (χ2n) is 10.4. The van der Waals surface area contributed by atoms with E-state index in [0.717, 1.165) is 59.6 Å². The van der Waals surface area contributed by atoms with Gasteiger partial charge in [0.05, 0.1) is 12.1 Å². The molecule has 1 aliphatic rings. The topological polar surface area (TPSA) is 38.2 Å². The quantitative estimate of drug-likeness (QED) is 0.310. The Labute approximate surface area is 220 Å². The number of anilines is 1. The van der Waals surface area contributed by atoms with Crippen molar-refractivity contribution in [1.82, 2.24) is 9.97 Å². The Morgan fingerprint density at radius 1 is 0.833 bits per heavy atom. The number of unbranched alkanes of at least 4 members (excludes halogenated alkanes) is 2. The Bertz CT molecular complexity index is 982. The average Bonchev–Trinajstić information content (AvgIpc) is 2.89. The lowest BCUT2D eigenvalue weighted by molar-refractivity contribution is 0.306. The van der Waals surface area contributed by atoms with Gasteiger partial charge in [-0.05, 0) is 61.4 Å². The standard InChI is InChI=1S/C13H20O.C11H13N3.C8H16/c1-3-5-6-11-14-13-9-7-12(4-2)8-10-13;1-8-12-10-7-5-4-6-9(10)11(13-8)14(2)3;1-7-3-5-8(2)6-4-7/h7-10H,3-6,11H2,1-2H3;4-7H,1-3H3;7-8H,3-6H2,1-2H3. The predicted octanol–water partition coefficient (Wildman–Crippen LogP) is 8.65. The van der Waals surface area contributed by atoms with Crippen LogP contribution in [0.15, 0.2) is 48.5 Å². The first kappa shape index (κ1) is 29.6. The van der Waals surface area contributed by atoms with E-state index < -0.39 is 0 Å². The molecule has 0 bridgehead atoms. The number of fused-ring (bicyclic) bond motifs is 1. The van der Waals surface area contributed by atoms with Crippen molar-refractivity contribution in [3.05, 3.63) is 59.9 Å². The number of aromatic nitrogens is 2. The number of nitrogens with zero attached hydrogens (tertiary/aromatic N) is 3. The maximum absolute atomic E-state index is 5.61. The number of para-hydroxylation sites is 1. The van der Waals surface area contributed by atoms with Crippen molar-refractivity contribution < 1.29 is 4.74 Å². The summed E-state index contributed by atoms with van der Waals surface area (Å²) in [7, 11) is 3.99. The Hall–Kier alpha value is -2.62. The smallest absolute Gasteiger partial charge is 0.139 e. The van der Waals surface area contributed by atoms with Gasteiger partial charge in [-0.1, -0.05) is 90.5 Å². The number of rotatable bonds is 7. The highest BCUT2D eigenvalue weighted by molar-refractivity contribution is 5.89. The van der Waals surface area contributed by atoms with Gasteiger partial charge in [-0.25, -0.2) is 9.97 Å². The molecule has 0 atom stereocenters. The van der Waals surface area contributed by atoms with E-state index in [1.54, 1.807) is 0 Å². The molecule has 198 valence electrons. The molecule has 2 aromatic carbocycles. The molecule has 1 aromatic heterocycles. The minimum absolute atomic E-state index is 0.812. The summed E-state index contributed by atoms with van der Waals surface area (Å²) >= 11 is 0. The van der Waals surface area contributed by atoms with Crippen LogP contribution in [0.1, 0.15) is 84.0 Å². The molecule has 1 saturated carbocycles. The fourth-order valence-corrected chi connectivity index (χ4v) is 4.30. The van der Waals surface area contributed by atoms with Gasteiger partial charge in [0, 0.05) is 19.5 Å². The summed E-state index contributed by atoms with van der Waals surface area (Å²) in [6.07, 6.45) is 10.7. The molecular weight excluding hydrogens is 442 g/mol. The third kappa shape index (κ3) is 10.6. The van der Waals surface area contributed by atoms with E-state index >= 15 is 0 Å². The van der Waals surface area contributed by atoms with Crippen LogP contribution in [0, 0.1) is 18.8 Å². The molecule has 0 radical (unpaired) electrons. The number of ether oxygens (including phenoxy) is 1. The molecule has 4 heteroatoms. The fourth-order valence-electron chi connectivity index (χ4n) is 4.30. The highest BCUT2D eigenvalue weighted by Crippen LogP contribution is 2.27. The summed E-state index contributed by atoms with van der Waals surface area (Å²) in [6.45, 7) is 11.9. The zero-order chi connectivity index (χ0) is 26.3. The van der Waals surface area contributed by atoms with Gasteiger partial charge in [-0.15, -0.1) is 0 Å². The monoisotopic (exact) mass is 491 g/mol. The molecule has 1 heterocycles. The molecule has 36 heavy (non-hydrogen) atoms. The van der Waals surface area contributed by atoms with Crippen molar-refractivity contribution in [2.75, 3.05) is 25.6 Å². The highest BCUT2D eigenvalue weighted by Gasteiger charge is 2.13. The van der Waals surface area contributed by atoms with E-state index in [1.165, 1.54) is 44.1 Å². The summed E-state index contributed by atoms with van der Waals surface area (Å²) < 4.78 is 5.61. The van der Waals surface area contributed by atoms with E-state index in [9.17, 15) is 0 Å². The molecule has 0 spiro atoms. The minimum Gasteiger partial charge on any atom is -0.494 e.